The fraction of sp³-hybridized carbons (Fsp3) is 0.424. The number of nitrogens with one attached hydrogen (secondary N) is 1. The van der Waals surface area contributed by atoms with E-state index in [1.807, 2.05) is 23.7 Å². The van der Waals surface area contributed by atoms with Gasteiger partial charge in [0.25, 0.3) is 0 Å². The highest BCUT2D eigenvalue weighted by Crippen LogP contribution is 2.36. The number of pyridine rings is 1. The molecule has 1 saturated carbocycles. The summed E-state index contributed by atoms with van der Waals surface area (Å²) in [4.78, 5) is 23.3. The summed E-state index contributed by atoms with van der Waals surface area (Å²) in [6, 6.07) is 5.98. The van der Waals surface area contributed by atoms with Crippen molar-refractivity contribution in [2.24, 2.45) is 0 Å². The highest BCUT2D eigenvalue weighted by molar-refractivity contribution is 7.99. The van der Waals surface area contributed by atoms with E-state index < -0.39 is 23.3 Å². The van der Waals surface area contributed by atoms with Gasteiger partial charge in [0.2, 0.25) is 0 Å². The molecule has 2 aliphatic rings. The second-order valence-electron chi connectivity index (χ2n) is 10.8. The van der Waals surface area contributed by atoms with Gasteiger partial charge in [-0.3, -0.25) is 9.55 Å². The van der Waals surface area contributed by atoms with Crippen LogP contribution in [-0.4, -0.2) is 63.6 Å². The molecule has 44 heavy (non-hydrogen) atoms. The summed E-state index contributed by atoms with van der Waals surface area (Å²) in [5, 5.41) is 4.04. The highest BCUT2D eigenvalue weighted by atomic mass is 32.2. The molecular formula is C33H35F2N5O3S. The maximum atomic E-state index is 14.9. The summed E-state index contributed by atoms with van der Waals surface area (Å²) in [7, 11) is 2.03. The second-order valence-corrected chi connectivity index (χ2v) is 12.1. The van der Waals surface area contributed by atoms with E-state index in [1.165, 1.54) is 12.8 Å². The van der Waals surface area contributed by atoms with Crippen LogP contribution in [0.15, 0.2) is 41.8 Å². The zero-order valence-corrected chi connectivity index (χ0v) is 25.7. The van der Waals surface area contributed by atoms with Gasteiger partial charge in [-0.25, -0.2) is 18.6 Å². The Kier molecular flexibility index (Phi) is 10.8. The molecular weight excluding hydrogens is 584 g/mol. The predicted molar refractivity (Wildman–Crippen MR) is 165 cm³/mol. The Bertz CT molecular complexity index is 1550. The van der Waals surface area contributed by atoms with Crippen molar-refractivity contribution >= 4 is 17.9 Å². The van der Waals surface area contributed by atoms with E-state index in [2.05, 4.69) is 38.9 Å². The van der Waals surface area contributed by atoms with Crippen molar-refractivity contribution in [3.63, 3.8) is 0 Å². The van der Waals surface area contributed by atoms with Gasteiger partial charge in [0, 0.05) is 29.6 Å². The molecule has 2 fully saturated rings. The van der Waals surface area contributed by atoms with Crippen LogP contribution in [0.25, 0.3) is 5.69 Å². The highest BCUT2D eigenvalue weighted by Gasteiger charge is 2.24. The molecule has 1 aliphatic carbocycles. The van der Waals surface area contributed by atoms with Crippen molar-refractivity contribution in [3.8, 4) is 35.1 Å². The van der Waals surface area contributed by atoms with Crippen LogP contribution < -0.4 is 10.1 Å². The fourth-order valence-corrected chi connectivity index (χ4v) is 6.59. The Balaban J connectivity index is 1.27. The van der Waals surface area contributed by atoms with Gasteiger partial charge in [-0.15, -0.1) is 0 Å². The smallest absolute Gasteiger partial charge is 0.408 e. The number of thioether (sulfide) groups is 1. The largest absolute Gasteiger partial charge is 0.487 e. The lowest BCUT2D eigenvalue weighted by Gasteiger charge is -2.28. The molecule has 0 spiro atoms. The van der Waals surface area contributed by atoms with Crippen LogP contribution in [0.4, 0.5) is 13.6 Å². The predicted octanol–water partition coefficient (Wildman–Crippen LogP) is 5.70. The van der Waals surface area contributed by atoms with Gasteiger partial charge in [-0.05, 0) is 70.8 Å². The van der Waals surface area contributed by atoms with Gasteiger partial charge in [0.05, 0.1) is 23.1 Å². The lowest BCUT2D eigenvalue weighted by Crippen LogP contribution is -2.43. The number of piperidine rings is 1. The summed E-state index contributed by atoms with van der Waals surface area (Å²) in [6.45, 7) is 3.20. The Morgan fingerprint density at radius 2 is 1.89 bits per heavy atom. The minimum atomic E-state index is -0.880. The van der Waals surface area contributed by atoms with Crippen molar-refractivity contribution in [1.29, 1.82) is 0 Å². The molecule has 1 N–H and O–H groups in total. The first-order valence-electron chi connectivity index (χ1n) is 14.7. The summed E-state index contributed by atoms with van der Waals surface area (Å²) in [5.74, 6) is 9.15. The Hall–Kier alpha value is -4.06. The Morgan fingerprint density at radius 3 is 2.57 bits per heavy atom. The maximum Gasteiger partial charge on any atom is 0.408 e. The summed E-state index contributed by atoms with van der Waals surface area (Å²) in [5.41, 5.74) is 1.58. The number of benzene rings is 1. The van der Waals surface area contributed by atoms with Crippen LogP contribution in [0, 0.1) is 35.3 Å². The lowest BCUT2D eigenvalue weighted by molar-refractivity contribution is 0.147. The number of hydrogen-bond acceptors (Lipinski definition) is 7. The first kappa shape index (κ1) is 31.4. The third kappa shape index (κ3) is 8.10. The van der Waals surface area contributed by atoms with E-state index in [4.69, 9.17) is 14.5 Å². The molecule has 0 radical (unpaired) electrons. The first-order chi connectivity index (χ1) is 21.4. The quantitative estimate of drug-likeness (QED) is 0.324. The zero-order chi connectivity index (χ0) is 30.9. The Morgan fingerprint density at radius 1 is 1.14 bits per heavy atom. The third-order valence-electron chi connectivity index (χ3n) is 7.58. The van der Waals surface area contributed by atoms with Crippen molar-refractivity contribution < 1.29 is 23.0 Å². The number of likely N-dealkylation sites (tertiary alicyclic amines) is 1. The standard InChI is InChI=1S/C33H35F2N5O3S/c1-3-8-30-31(40(24-9-6-15-36-21-24)32(38-30)44-26-10-4-5-11-26)22-43-25-19-28(34)27(29(35)20-25)12-7-18-42-33(41)37-23-13-16-39(2)17-14-23/h6,9,15,19-21,23,26H,4-5,10-11,13-14,16-18,22H2,1-2H3,(H,37,41). The number of halogens is 2. The molecule has 3 aromatic rings. The molecule has 0 atom stereocenters. The molecule has 5 rings (SSSR count). The molecule has 11 heteroatoms. The number of alkyl carbamates (subject to hydrolysis) is 1. The molecule has 3 heterocycles. The van der Waals surface area contributed by atoms with Gasteiger partial charge in [-0.1, -0.05) is 42.4 Å². The normalized spacial score (nSPS) is 15.6. The first-order valence-corrected chi connectivity index (χ1v) is 15.6. The van der Waals surface area contributed by atoms with Gasteiger partial charge >= 0.3 is 6.09 Å². The molecule has 2 aromatic heterocycles. The van der Waals surface area contributed by atoms with Crippen molar-refractivity contribution in [2.75, 3.05) is 26.7 Å². The number of carbonyl (C=O) groups is 1. The van der Waals surface area contributed by atoms with E-state index in [-0.39, 0.29) is 25.0 Å². The topological polar surface area (TPSA) is 81.5 Å². The number of carbonyl (C=O) groups excluding carboxylic acids is 1. The minimum absolute atomic E-state index is 0.00125. The molecule has 230 valence electrons. The van der Waals surface area contributed by atoms with Gasteiger partial charge < -0.3 is 19.7 Å². The van der Waals surface area contributed by atoms with Crippen LogP contribution in [0.2, 0.25) is 0 Å². The van der Waals surface area contributed by atoms with Crippen LogP contribution in [0.1, 0.15) is 62.4 Å². The van der Waals surface area contributed by atoms with E-state index >= 15 is 0 Å². The lowest BCUT2D eigenvalue weighted by atomic mass is 10.1. The number of amides is 1. The molecule has 1 aliphatic heterocycles. The summed E-state index contributed by atoms with van der Waals surface area (Å²) < 4.78 is 42.8. The molecule has 0 unspecified atom stereocenters. The van der Waals surface area contributed by atoms with E-state index in [9.17, 15) is 13.6 Å². The van der Waals surface area contributed by atoms with Gasteiger partial charge in [0.1, 0.15) is 29.7 Å². The maximum absolute atomic E-state index is 14.9. The number of rotatable bonds is 8. The number of ether oxygens (including phenoxy) is 2. The minimum Gasteiger partial charge on any atom is -0.487 e. The van der Waals surface area contributed by atoms with Gasteiger partial charge in [-0.2, -0.15) is 0 Å². The zero-order valence-electron chi connectivity index (χ0n) is 24.9. The van der Waals surface area contributed by atoms with Gasteiger partial charge in [0.15, 0.2) is 11.8 Å². The third-order valence-corrected chi connectivity index (χ3v) is 8.87. The van der Waals surface area contributed by atoms with Crippen molar-refractivity contribution in [1.82, 2.24) is 24.8 Å². The van der Waals surface area contributed by atoms with E-state index in [0.29, 0.717) is 16.6 Å². The molecule has 1 saturated heterocycles. The van der Waals surface area contributed by atoms with Crippen molar-refractivity contribution in [2.45, 2.75) is 68.5 Å². The van der Waals surface area contributed by atoms with Crippen LogP contribution >= 0.6 is 11.8 Å². The monoisotopic (exact) mass is 619 g/mol. The Labute approximate surface area is 260 Å². The molecule has 1 aromatic carbocycles. The van der Waals surface area contributed by atoms with E-state index in [0.717, 1.165) is 61.7 Å². The SMILES string of the molecule is CC#Cc1nc(SC2CCCC2)n(-c2cccnc2)c1COc1cc(F)c(C#CCOC(=O)NC2CCN(C)CC2)c(F)c1. The number of aromatic nitrogens is 3. The van der Waals surface area contributed by atoms with E-state index in [1.54, 1.807) is 31.1 Å². The number of nitrogens with zero attached hydrogens (tertiary/aromatic N) is 4. The average molecular weight is 620 g/mol. The summed E-state index contributed by atoms with van der Waals surface area (Å²) >= 11 is 1.71. The molecule has 1 amide bonds. The average Bonchev–Trinajstić information content (AvgIpc) is 3.65. The van der Waals surface area contributed by atoms with Crippen molar-refractivity contribution in [3.05, 3.63) is 65.2 Å². The number of imidazole rings is 1. The fourth-order valence-electron chi connectivity index (χ4n) is 5.26. The van der Waals surface area contributed by atoms with Crippen LogP contribution in [0.5, 0.6) is 5.75 Å². The van der Waals surface area contributed by atoms with Crippen LogP contribution in [-0.2, 0) is 11.3 Å². The number of hydrogen-bond donors (Lipinski definition) is 1. The molecule has 8 nitrogen and oxygen atoms in total. The summed E-state index contributed by atoms with van der Waals surface area (Å²) in [6.07, 6.45) is 9.14. The van der Waals surface area contributed by atoms with Crippen LogP contribution in [0.3, 0.4) is 0 Å². The second kappa shape index (κ2) is 15.1. The molecule has 0 bridgehead atoms.